The van der Waals surface area contributed by atoms with Gasteiger partial charge in [0.05, 0.1) is 30.0 Å². The quantitative estimate of drug-likeness (QED) is 0.688. The molecule has 31 heavy (non-hydrogen) atoms. The summed E-state index contributed by atoms with van der Waals surface area (Å²) < 4.78 is 17.6. The maximum absolute atomic E-state index is 13.0. The number of aromatic nitrogens is 1. The first kappa shape index (κ1) is 20.2. The number of allylic oxidation sites excluding steroid dienone is 1. The third-order valence-electron chi connectivity index (χ3n) is 6.01. The molecule has 1 aromatic carbocycles. The van der Waals surface area contributed by atoms with E-state index in [0.717, 1.165) is 62.7 Å². The summed E-state index contributed by atoms with van der Waals surface area (Å²) in [5, 5.41) is 0. The van der Waals surface area contributed by atoms with Gasteiger partial charge in [-0.25, -0.2) is 0 Å². The van der Waals surface area contributed by atoms with Crippen LogP contribution >= 0.6 is 0 Å². The number of nitrogens with zero attached hydrogens (tertiary/aromatic N) is 3. The number of carbonyl (C=O) groups excluding carboxylic acids is 1. The van der Waals surface area contributed by atoms with E-state index in [1.54, 1.807) is 12.3 Å². The molecule has 0 saturated carbocycles. The number of benzene rings is 1. The van der Waals surface area contributed by atoms with E-state index in [1.165, 1.54) is 0 Å². The Labute approximate surface area is 182 Å². The van der Waals surface area contributed by atoms with Crippen molar-refractivity contribution in [3.8, 4) is 11.5 Å². The molecule has 0 N–H and O–H groups in total. The Morgan fingerprint density at radius 2 is 2.00 bits per heavy atom. The van der Waals surface area contributed by atoms with E-state index in [2.05, 4.69) is 14.8 Å². The lowest BCUT2D eigenvalue weighted by Crippen LogP contribution is -2.39. The van der Waals surface area contributed by atoms with Crippen molar-refractivity contribution in [2.45, 2.75) is 19.9 Å². The van der Waals surface area contributed by atoms with Crippen LogP contribution in [0.15, 0.2) is 36.2 Å². The molecule has 0 amide bonds. The lowest BCUT2D eigenvalue weighted by molar-refractivity contribution is 0.0329. The highest BCUT2D eigenvalue weighted by Gasteiger charge is 2.35. The predicted octanol–water partition coefficient (Wildman–Crippen LogP) is 2.88. The Bertz CT molecular complexity index is 1000. The molecule has 2 aromatic rings. The number of hydrogen-bond acceptors (Lipinski definition) is 7. The van der Waals surface area contributed by atoms with Crippen LogP contribution in [0, 0.1) is 6.92 Å². The number of rotatable bonds is 5. The summed E-state index contributed by atoms with van der Waals surface area (Å²) >= 11 is 0. The molecule has 5 rings (SSSR count). The van der Waals surface area contributed by atoms with Crippen LogP contribution in [0.3, 0.4) is 0 Å². The summed E-state index contributed by atoms with van der Waals surface area (Å²) in [5.41, 5.74) is 3.17. The summed E-state index contributed by atoms with van der Waals surface area (Å²) in [6.07, 6.45) is 4.48. The van der Waals surface area contributed by atoms with Gasteiger partial charge in [-0.05, 0) is 43.7 Å². The van der Waals surface area contributed by atoms with Crippen molar-refractivity contribution in [1.29, 1.82) is 0 Å². The Morgan fingerprint density at radius 1 is 1.16 bits per heavy atom. The van der Waals surface area contributed by atoms with Gasteiger partial charge in [-0.3, -0.25) is 19.6 Å². The first-order valence-corrected chi connectivity index (χ1v) is 10.9. The van der Waals surface area contributed by atoms with Gasteiger partial charge in [-0.1, -0.05) is 6.07 Å². The summed E-state index contributed by atoms with van der Waals surface area (Å²) in [7, 11) is 0. The molecule has 0 unspecified atom stereocenters. The van der Waals surface area contributed by atoms with E-state index < -0.39 is 0 Å². The first-order chi connectivity index (χ1) is 15.2. The molecule has 1 saturated heterocycles. The van der Waals surface area contributed by atoms with Gasteiger partial charge < -0.3 is 14.2 Å². The lowest BCUT2D eigenvalue weighted by atomic mass is 9.98. The minimum atomic E-state index is -0.0922. The standard InChI is InChI=1S/C24H27N3O4/c1-17-13-20-19(15-27(16-30-20)8-4-7-26-9-11-29-12-10-26)24-22(17)23(28)21(31-24)14-18-5-2-3-6-25-18/h2-3,5-6,13-14H,4,7-12,15-16H2,1H3/b21-14-. The van der Waals surface area contributed by atoms with Crippen LogP contribution in [0.4, 0.5) is 0 Å². The van der Waals surface area contributed by atoms with Crippen molar-refractivity contribution >= 4 is 11.9 Å². The first-order valence-electron chi connectivity index (χ1n) is 10.9. The Balaban J connectivity index is 1.32. The van der Waals surface area contributed by atoms with Crippen LogP contribution in [-0.4, -0.2) is 66.7 Å². The molecule has 1 aromatic heterocycles. The molecule has 7 nitrogen and oxygen atoms in total. The Hall–Kier alpha value is -2.74. The van der Waals surface area contributed by atoms with Gasteiger partial charge in [0, 0.05) is 38.5 Å². The number of morpholine rings is 1. The molecule has 0 atom stereocenters. The van der Waals surface area contributed by atoms with E-state index in [0.29, 0.717) is 36.0 Å². The van der Waals surface area contributed by atoms with Gasteiger partial charge in [0.15, 0.2) is 5.76 Å². The second-order valence-electron chi connectivity index (χ2n) is 8.20. The molecule has 3 aliphatic rings. The zero-order valence-corrected chi connectivity index (χ0v) is 17.8. The number of pyridine rings is 1. The molecule has 7 heteroatoms. The second kappa shape index (κ2) is 8.78. The fraction of sp³-hybridized carbons (Fsp3) is 0.417. The maximum atomic E-state index is 13.0. The van der Waals surface area contributed by atoms with Crippen molar-refractivity contribution in [2.24, 2.45) is 0 Å². The average molecular weight is 421 g/mol. The van der Waals surface area contributed by atoms with Crippen LogP contribution in [0.2, 0.25) is 0 Å². The second-order valence-corrected chi connectivity index (χ2v) is 8.20. The van der Waals surface area contributed by atoms with Gasteiger partial charge in [0.25, 0.3) is 0 Å². The third kappa shape index (κ3) is 4.21. The van der Waals surface area contributed by atoms with E-state index in [9.17, 15) is 4.79 Å². The SMILES string of the molecule is Cc1cc2c(c3c1C(=O)/C(=C/c1ccccn1)O3)CN(CCCN1CCOCC1)CO2. The third-order valence-corrected chi connectivity index (χ3v) is 6.01. The molecule has 1 fully saturated rings. The highest BCUT2D eigenvalue weighted by Crippen LogP contribution is 2.43. The Kier molecular flexibility index (Phi) is 5.72. The van der Waals surface area contributed by atoms with Crippen molar-refractivity contribution in [3.63, 3.8) is 0 Å². The van der Waals surface area contributed by atoms with Gasteiger partial charge in [0.1, 0.15) is 18.2 Å². The van der Waals surface area contributed by atoms with Crippen LogP contribution in [0.5, 0.6) is 11.5 Å². The molecule has 0 bridgehead atoms. The molecular weight excluding hydrogens is 394 g/mol. The molecular formula is C24H27N3O4. The van der Waals surface area contributed by atoms with Crippen molar-refractivity contribution in [1.82, 2.24) is 14.8 Å². The number of aryl methyl sites for hydroxylation is 1. The van der Waals surface area contributed by atoms with Crippen LogP contribution < -0.4 is 9.47 Å². The van der Waals surface area contributed by atoms with Crippen LogP contribution in [0.25, 0.3) is 6.08 Å². The smallest absolute Gasteiger partial charge is 0.232 e. The number of carbonyl (C=O) groups is 1. The monoisotopic (exact) mass is 421 g/mol. The molecule has 4 heterocycles. The molecule has 0 radical (unpaired) electrons. The van der Waals surface area contributed by atoms with Crippen molar-refractivity contribution in [2.75, 3.05) is 46.1 Å². The van der Waals surface area contributed by atoms with Gasteiger partial charge in [-0.2, -0.15) is 0 Å². The van der Waals surface area contributed by atoms with Crippen LogP contribution in [-0.2, 0) is 11.3 Å². The normalized spacial score (nSPS) is 20.3. The summed E-state index contributed by atoms with van der Waals surface area (Å²) in [6.45, 7) is 8.86. The molecule has 3 aliphatic heterocycles. The zero-order valence-electron chi connectivity index (χ0n) is 17.8. The van der Waals surface area contributed by atoms with Crippen molar-refractivity contribution in [3.05, 3.63) is 58.6 Å². The van der Waals surface area contributed by atoms with E-state index >= 15 is 0 Å². The molecule has 0 spiro atoms. The van der Waals surface area contributed by atoms with E-state index in [4.69, 9.17) is 14.2 Å². The van der Waals surface area contributed by atoms with E-state index in [-0.39, 0.29) is 5.78 Å². The minimum Gasteiger partial charge on any atom is -0.478 e. The van der Waals surface area contributed by atoms with Crippen LogP contribution in [0.1, 0.15) is 33.6 Å². The highest BCUT2D eigenvalue weighted by molar-refractivity contribution is 6.15. The maximum Gasteiger partial charge on any atom is 0.232 e. The number of Topliss-reactive ketones (excluding diaryl/α,β-unsaturated/α-hetero) is 1. The number of ether oxygens (including phenoxy) is 3. The summed E-state index contributed by atoms with van der Waals surface area (Å²) in [4.78, 5) is 22.0. The minimum absolute atomic E-state index is 0.0922. The molecule has 162 valence electrons. The average Bonchev–Trinajstić information content (AvgIpc) is 3.12. The highest BCUT2D eigenvalue weighted by atomic mass is 16.5. The van der Waals surface area contributed by atoms with Gasteiger partial charge >= 0.3 is 0 Å². The largest absolute Gasteiger partial charge is 0.478 e. The number of hydrogen-bond donors (Lipinski definition) is 0. The fourth-order valence-electron chi connectivity index (χ4n) is 4.36. The van der Waals surface area contributed by atoms with E-state index in [1.807, 2.05) is 31.2 Å². The number of fused-ring (bicyclic) bond motifs is 3. The lowest BCUT2D eigenvalue weighted by Gasteiger charge is -2.31. The summed E-state index contributed by atoms with van der Waals surface area (Å²) in [5.74, 6) is 1.67. The molecule has 0 aliphatic carbocycles. The van der Waals surface area contributed by atoms with Gasteiger partial charge in [0.2, 0.25) is 5.78 Å². The topological polar surface area (TPSA) is 64.1 Å². The number of ketones is 1. The fourth-order valence-corrected chi connectivity index (χ4v) is 4.36. The summed E-state index contributed by atoms with van der Waals surface area (Å²) in [6, 6.07) is 7.56. The predicted molar refractivity (Wildman–Crippen MR) is 116 cm³/mol. The zero-order chi connectivity index (χ0) is 21.2. The van der Waals surface area contributed by atoms with Gasteiger partial charge in [-0.15, -0.1) is 0 Å². The Morgan fingerprint density at radius 3 is 2.81 bits per heavy atom. The van der Waals surface area contributed by atoms with Crippen molar-refractivity contribution < 1.29 is 19.0 Å².